The normalized spacial score (nSPS) is 18.3. The summed E-state index contributed by atoms with van der Waals surface area (Å²) in [6, 6.07) is 6.15. The summed E-state index contributed by atoms with van der Waals surface area (Å²) in [5, 5.41) is 0. The Balaban J connectivity index is 1.73. The molecule has 2 aromatic rings. The first-order chi connectivity index (χ1) is 10.6. The molecule has 1 saturated heterocycles. The number of nitrogens with zero attached hydrogens (tertiary/aromatic N) is 3. The number of hydrogen-bond donors (Lipinski definition) is 0. The van der Waals surface area contributed by atoms with Gasteiger partial charge >= 0.3 is 0 Å². The quantitative estimate of drug-likeness (QED) is 0.853. The Morgan fingerprint density at radius 2 is 2.05 bits per heavy atom. The van der Waals surface area contributed by atoms with Crippen LogP contribution in [0, 0.1) is 12.7 Å². The summed E-state index contributed by atoms with van der Waals surface area (Å²) in [6.45, 7) is 3.18. The van der Waals surface area contributed by atoms with Gasteiger partial charge < -0.3 is 9.64 Å². The zero-order valence-electron chi connectivity index (χ0n) is 12.2. The van der Waals surface area contributed by atoms with Crippen LogP contribution in [0.5, 0.6) is 0 Å². The number of morpholine rings is 1. The van der Waals surface area contributed by atoms with Crippen molar-refractivity contribution in [2.75, 3.05) is 19.7 Å². The zero-order chi connectivity index (χ0) is 15.5. The van der Waals surface area contributed by atoms with Crippen molar-refractivity contribution in [3.8, 4) is 0 Å². The van der Waals surface area contributed by atoms with E-state index in [1.54, 1.807) is 23.2 Å². The van der Waals surface area contributed by atoms with E-state index in [4.69, 9.17) is 4.74 Å². The average Bonchev–Trinajstić information content (AvgIpc) is 2.56. The molecule has 5 nitrogen and oxygen atoms in total. The number of carbonyl (C=O) groups excluding carboxylic acids is 1. The SMILES string of the molecule is Cc1cnc(C(=O)N2CCOC(c3ccc(F)cc3)C2)cn1. The number of carbonyl (C=O) groups is 1. The first-order valence-corrected chi connectivity index (χ1v) is 7.08. The fourth-order valence-electron chi connectivity index (χ4n) is 2.38. The van der Waals surface area contributed by atoms with Crippen LogP contribution in [0.15, 0.2) is 36.7 Å². The van der Waals surface area contributed by atoms with E-state index in [2.05, 4.69) is 9.97 Å². The van der Waals surface area contributed by atoms with E-state index in [1.807, 2.05) is 6.92 Å². The van der Waals surface area contributed by atoms with Crippen LogP contribution in [0.4, 0.5) is 4.39 Å². The Labute approximate surface area is 127 Å². The molecule has 0 saturated carbocycles. The van der Waals surface area contributed by atoms with Crippen LogP contribution in [0.3, 0.4) is 0 Å². The molecule has 0 spiro atoms. The number of hydrogen-bond acceptors (Lipinski definition) is 4. The summed E-state index contributed by atoms with van der Waals surface area (Å²) < 4.78 is 18.7. The van der Waals surface area contributed by atoms with Gasteiger partial charge in [0.15, 0.2) is 0 Å². The van der Waals surface area contributed by atoms with Crippen LogP contribution in [0.2, 0.25) is 0 Å². The molecule has 1 amide bonds. The van der Waals surface area contributed by atoms with Crippen molar-refractivity contribution < 1.29 is 13.9 Å². The van der Waals surface area contributed by atoms with Gasteiger partial charge in [-0.05, 0) is 24.6 Å². The highest BCUT2D eigenvalue weighted by atomic mass is 19.1. The van der Waals surface area contributed by atoms with Crippen molar-refractivity contribution in [2.45, 2.75) is 13.0 Å². The molecule has 1 aromatic heterocycles. The van der Waals surface area contributed by atoms with Crippen molar-refractivity contribution in [1.82, 2.24) is 14.9 Å². The number of rotatable bonds is 2. The summed E-state index contributed by atoms with van der Waals surface area (Å²) in [5.41, 5.74) is 1.95. The lowest BCUT2D eigenvalue weighted by Crippen LogP contribution is -2.42. The molecule has 0 bridgehead atoms. The average molecular weight is 301 g/mol. The number of benzene rings is 1. The smallest absolute Gasteiger partial charge is 0.274 e. The molecule has 3 rings (SSSR count). The molecule has 22 heavy (non-hydrogen) atoms. The fraction of sp³-hybridized carbons (Fsp3) is 0.312. The maximum absolute atomic E-state index is 13.0. The van der Waals surface area contributed by atoms with Gasteiger partial charge in [0.2, 0.25) is 0 Å². The molecular weight excluding hydrogens is 285 g/mol. The van der Waals surface area contributed by atoms with Crippen LogP contribution in [-0.4, -0.2) is 40.5 Å². The minimum Gasteiger partial charge on any atom is -0.370 e. The van der Waals surface area contributed by atoms with Crippen LogP contribution < -0.4 is 0 Å². The monoisotopic (exact) mass is 301 g/mol. The van der Waals surface area contributed by atoms with Gasteiger partial charge in [-0.15, -0.1) is 0 Å². The lowest BCUT2D eigenvalue weighted by Gasteiger charge is -2.33. The highest BCUT2D eigenvalue weighted by molar-refractivity contribution is 5.92. The Morgan fingerprint density at radius 3 is 2.73 bits per heavy atom. The Kier molecular flexibility index (Phi) is 4.11. The zero-order valence-corrected chi connectivity index (χ0v) is 12.2. The second kappa shape index (κ2) is 6.19. The molecule has 0 aliphatic carbocycles. The number of aromatic nitrogens is 2. The van der Waals surface area contributed by atoms with E-state index in [0.29, 0.717) is 25.4 Å². The number of amides is 1. The Hall–Kier alpha value is -2.34. The van der Waals surface area contributed by atoms with Gasteiger partial charge in [-0.1, -0.05) is 12.1 Å². The molecule has 1 aliphatic heterocycles. The van der Waals surface area contributed by atoms with Crippen LogP contribution in [0.1, 0.15) is 27.8 Å². The molecule has 1 atom stereocenters. The maximum atomic E-state index is 13.0. The summed E-state index contributed by atoms with van der Waals surface area (Å²) in [4.78, 5) is 22.4. The number of aryl methyl sites for hydroxylation is 1. The maximum Gasteiger partial charge on any atom is 0.274 e. The van der Waals surface area contributed by atoms with Crippen molar-refractivity contribution in [3.63, 3.8) is 0 Å². The van der Waals surface area contributed by atoms with E-state index in [-0.39, 0.29) is 17.8 Å². The fourth-order valence-corrected chi connectivity index (χ4v) is 2.38. The summed E-state index contributed by atoms with van der Waals surface area (Å²) in [5.74, 6) is -0.453. The molecule has 1 unspecified atom stereocenters. The van der Waals surface area contributed by atoms with Gasteiger partial charge in [0.1, 0.15) is 17.6 Å². The van der Waals surface area contributed by atoms with Crippen LogP contribution >= 0.6 is 0 Å². The highest BCUT2D eigenvalue weighted by Gasteiger charge is 2.26. The molecule has 6 heteroatoms. The lowest BCUT2D eigenvalue weighted by molar-refractivity contribution is -0.0230. The third-order valence-electron chi connectivity index (χ3n) is 3.60. The first-order valence-electron chi connectivity index (χ1n) is 7.08. The molecule has 2 heterocycles. The van der Waals surface area contributed by atoms with Crippen molar-refractivity contribution >= 4 is 5.91 Å². The Bertz CT molecular complexity index is 658. The van der Waals surface area contributed by atoms with Gasteiger partial charge in [-0.25, -0.2) is 9.37 Å². The summed E-state index contributed by atoms with van der Waals surface area (Å²) >= 11 is 0. The van der Waals surface area contributed by atoms with E-state index < -0.39 is 0 Å². The molecule has 114 valence electrons. The van der Waals surface area contributed by atoms with Gasteiger partial charge in [-0.3, -0.25) is 9.78 Å². The molecule has 1 aromatic carbocycles. The topological polar surface area (TPSA) is 55.3 Å². The van der Waals surface area contributed by atoms with Crippen molar-refractivity contribution in [3.05, 3.63) is 59.4 Å². The van der Waals surface area contributed by atoms with E-state index in [9.17, 15) is 9.18 Å². The van der Waals surface area contributed by atoms with Gasteiger partial charge in [-0.2, -0.15) is 0 Å². The standard InChI is InChI=1S/C16H16FN3O2/c1-11-8-19-14(9-18-11)16(21)20-6-7-22-15(10-20)12-2-4-13(17)5-3-12/h2-5,8-9,15H,6-7,10H2,1H3. The second-order valence-corrected chi connectivity index (χ2v) is 5.21. The van der Waals surface area contributed by atoms with E-state index in [1.165, 1.54) is 18.3 Å². The predicted octanol–water partition coefficient (Wildman–Crippen LogP) is 2.14. The van der Waals surface area contributed by atoms with Crippen molar-refractivity contribution in [2.24, 2.45) is 0 Å². The Morgan fingerprint density at radius 1 is 1.27 bits per heavy atom. The molecular formula is C16H16FN3O2. The van der Waals surface area contributed by atoms with E-state index >= 15 is 0 Å². The largest absolute Gasteiger partial charge is 0.370 e. The van der Waals surface area contributed by atoms with Gasteiger partial charge in [0.25, 0.3) is 5.91 Å². The lowest BCUT2D eigenvalue weighted by atomic mass is 10.1. The molecule has 0 radical (unpaired) electrons. The minimum absolute atomic E-state index is 0.164. The second-order valence-electron chi connectivity index (χ2n) is 5.21. The van der Waals surface area contributed by atoms with Gasteiger partial charge in [0.05, 0.1) is 25.0 Å². The number of ether oxygens (including phenoxy) is 1. The first kappa shape index (κ1) is 14.6. The molecule has 1 fully saturated rings. The van der Waals surface area contributed by atoms with Gasteiger partial charge in [0, 0.05) is 12.7 Å². The number of halogens is 1. The van der Waals surface area contributed by atoms with Crippen LogP contribution in [0.25, 0.3) is 0 Å². The third kappa shape index (κ3) is 3.12. The highest BCUT2D eigenvalue weighted by Crippen LogP contribution is 2.23. The van der Waals surface area contributed by atoms with Crippen molar-refractivity contribution in [1.29, 1.82) is 0 Å². The minimum atomic E-state index is -0.289. The summed E-state index contributed by atoms with van der Waals surface area (Å²) in [7, 11) is 0. The molecule has 0 N–H and O–H groups in total. The van der Waals surface area contributed by atoms with Crippen LogP contribution in [-0.2, 0) is 4.74 Å². The summed E-state index contributed by atoms with van der Waals surface area (Å²) in [6.07, 6.45) is 2.81. The third-order valence-corrected chi connectivity index (χ3v) is 3.60. The molecule has 1 aliphatic rings. The predicted molar refractivity (Wildman–Crippen MR) is 77.8 cm³/mol. The van der Waals surface area contributed by atoms with E-state index in [0.717, 1.165) is 11.3 Å².